The minimum absolute atomic E-state index is 0.187. The van der Waals surface area contributed by atoms with Crippen molar-refractivity contribution in [3.63, 3.8) is 0 Å². The van der Waals surface area contributed by atoms with Crippen molar-refractivity contribution in [3.05, 3.63) is 108 Å². The summed E-state index contributed by atoms with van der Waals surface area (Å²) in [6.07, 6.45) is 1.89. The van der Waals surface area contributed by atoms with Crippen LogP contribution in [0.1, 0.15) is 11.1 Å². The lowest BCUT2D eigenvalue weighted by molar-refractivity contribution is -0.111. The molecule has 1 aromatic heterocycles. The molecule has 4 aromatic rings. The number of pyridine rings is 1. The van der Waals surface area contributed by atoms with Gasteiger partial charge in [-0.2, -0.15) is 0 Å². The van der Waals surface area contributed by atoms with E-state index in [9.17, 15) is 4.79 Å². The van der Waals surface area contributed by atoms with Crippen molar-refractivity contribution in [2.45, 2.75) is 0 Å². The lowest BCUT2D eigenvalue weighted by Gasteiger charge is -2.10. The molecule has 0 aliphatic carbocycles. The zero-order valence-electron chi connectivity index (χ0n) is 14.7. The molecule has 0 unspecified atom stereocenters. The number of amides is 1. The van der Waals surface area contributed by atoms with E-state index in [1.165, 1.54) is 0 Å². The second kappa shape index (κ2) is 7.67. The van der Waals surface area contributed by atoms with Gasteiger partial charge in [-0.1, -0.05) is 78.9 Å². The van der Waals surface area contributed by atoms with Gasteiger partial charge in [-0.25, -0.2) is 4.98 Å². The van der Waals surface area contributed by atoms with Crippen LogP contribution < -0.4 is 5.32 Å². The third kappa shape index (κ3) is 3.93. The highest BCUT2D eigenvalue weighted by molar-refractivity contribution is 6.29. The third-order valence-corrected chi connectivity index (χ3v) is 4.28. The number of carbonyl (C=O) groups is 1. The Balaban J connectivity index is 1.68. The van der Waals surface area contributed by atoms with E-state index in [1.54, 1.807) is 0 Å². The summed E-state index contributed by atoms with van der Waals surface area (Å²) >= 11 is 0. The van der Waals surface area contributed by atoms with Gasteiger partial charge in [-0.3, -0.25) is 4.79 Å². The first-order valence-corrected chi connectivity index (χ1v) is 8.79. The molecule has 27 heavy (non-hydrogen) atoms. The summed E-state index contributed by atoms with van der Waals surface area (Å²) in [5.41, 5.74) is 3.28. The Morgan fingerprint density at radius 2 is 1.41 bits per heavy atom. The standard InChI is InChI=1S/C24H18N2O/c27-24(26-23-16-15-20-13-7-8-14-22(20)25-23)21(19-11-5-2-6-12-19)17-18-9-3-1-4-10-18/h1-17H,(H,25,26,27)/b21-17+. The zero-order chi connectivity index (χ0) is 18.5. The Labute approximate surface area is 158 Å². The highest BCUT2D eigenvalue weighted by atomic mass is 16.1. The van der Waals surface area contributed by atoms with Crippen LogP contribution in [0.25, 0.3) is 22.6 Å². The molecule has 0 fully saturated rings. The second-order valence-corrected chi connectivity index (χ2v) is 6.18. The van der Waals surface area contributed by atoms with Crippen LogP contribution in [0, 0.1) is 0 Å². The van der Waals surface area contributed by atoms with Crippen LogP contribution in [0.5, 0.6) is 0 Å². The van der Waals surface area contributed by atoms with Crippen LogP contribution in [0.2, 0.25) is 0 Å². The molecule has 0 aliphatic heterocycles. The molecule has 4 rings (SSSR count). The molecule has 1 heterocycles. The first-order chi connectivity index (χ1) is 13.3. The molecule has 0 bridgehead atoms. The number of nitrogens with zero attached hydrogens (tertiary/aromatic N) is 1. The molecule has 0 saturated carbocycles. The van der Waals surface area contributed by atoms with Gasteiger partial charge >= 0.3 is 0 Å². The van der Waals surface area contributed by atoms with Gasteiger partial charge in [-0.05, 0) is 35.4 Å². The molecule has 0 saturated heterocycles. The molecule has 1 N–H and O–H groups in total. The summed E-state index contributed by atoms with van der Waals surface area (Å²) < 4.78 is 0. The SMILES string of the molecule is O=C(Nc1ccc2ccccc2n1)/C(=C/c1ccccc1)c1ccccc1. The zero-order valence-corrected chi connectivity index (χ0v) is 14.7. The van der Waals surface area contributed by atoms with Gasteiger partial charge in [0.15, 0.2) is 0 Å². The molecule has 1 amide bonds. The first kappa shape index (κ1) is 16.7. The van der Waals surface area contributed by atoms with Crippen LogP contribution >= 0.6 is 0 Å². The number of para-hydroxylation sites is 1. The summed E-state index contributed by atoms with van der Waals surface area (Å²) in [5, 5.41) is 3.97. The number of hydrogen-bond donors (Lipinski definition) is 1. The van der Waals surface area contributed by atoms with Gasteiger partial charge in [0.25, 0.3) is 5.91 Å². The van der Waals surface area contributed by atoms with Crippen LogP contribution in [-0.4, -0.2) is 10.9 Å². The Morgan fingerprint density at radius 1 is 0.741 bits per heavy atom. The van der Waals surface area contributed by atoms with Gasteiger partial charge in [0.1, 0.15) is 5.82 Å². The second-order valence-electron chi connectivity index (χ2n) is 6.18. The van der Waals surface area contributed by atoms with Gasteiger partial charge in [0, 0.05) is 11.0 Å². The van der Waals surface area contributed by atoms with Crippen molar-refractivity contribution >= 4 is 34.3 Å². The number of benzene rings is 3. The minimum atomic E-state index is -0.187. The molecular weight excluding hydrogens is 332 g/mol. The Morgan fingerprint density at radius 3 is 2.19 bits per heavy atom. The fourth-order valence-corrected chi connectivity index (χ4v) is 2.93. The predicted octanol–water partition coefficient (Wildman–Crippen LogP) is 5.41. The van der Waals surface area contributed by atoms with Gasteiger partial charge in [-0.15, -0.1) is 0 Å². The topological polar surface area (TPSA) is 42.0 Å². The van der Waals surface area contributed by atoms with Crippen LogP contribution in [-0.2, 0) is 4.79 Å². The van der Waals surface area contributed by atoms with Crippen molar-refractivity contribution in [1.82, 2.24) is 4.98 Å². The Hall–Kier alpha value is -3.72. The fourth-order valence-electron chi connectivity index (χ4n) is 2.93. The monoisotopic (exact) mass is 350 g/mol. The molecule has 0 spiro atoms. The lowest BCUT2D eigenvalue weighted by Crippen LogP contribution is -2.14. The van der Waals surface area contributed by atoms with Crippen LogP contribution in [0.3, 0.4) is 0 Å². The Kier molecular flexibility index (Phi) is 4.75. The number of anilines is 1. The highest BCUT2D eigenvalue weighted by Gasteiger charge is 2.13. The van der Waals surface area contributed by atoms with Crippen molar-refractivity contribution < 1.29 is 4.79 Å². The van der Waals surface area contributed by atoms with Crippen molar-refractivity contribution in [1.29, 1.82) is 0 Å². The summed E-state index contributed by atoms with van der Waals surface area (Å²) in [5.74, 6) is 0.349. The van der Waals surface area contributed by atoms with Crippen molar-refractivity contribution in [2.24, 2.45) is 0 Å². The molecule has 0 aliphatic rings. The van der Waals surface area contributed by atoms with E-state index in [1.807, 2.05) is 103 Å². The molecule has 130 valence electrons. The van der Waals surface area contributed by atoms with Gasteiger partial charge in [0.05, 0.1) is 5.52 Å². The van der Waals surface area contributed by atoms with Gasteiger partial charge in [0.2, 0.25) is 0 Å². The van der Waals surface area contributed by atoms with E-state index in [-0.39, 0.29) is 5.91 Å². The summed E-state index contributed by atoms with van der Waals surface area (Å²) in [7, 11) is 0. The minimum Gasteiger partial charge on any atom is -0.307 e. The summed E-state index contributed by atoms with van der Waals surface area (Å²) in [6, 6.07) is 31.1. The van der Waals surface area contributed by atoms with Crippen LogP contribution in [0.15, 0.2) is 97.1 Å². The number of carbonyl (C=O) groups excluding carboxylic acids is 1. The predicted molar refractivity (Wildman–Crippen MR) is 111 cm³/mol. The first-order valence-electron chi connectivity index (χ1n) is 8.79. The third-order valence-electron chi connectivity index (χ3n) is 4.28. The fraction of sp³-hybridized carbons (Fsp3) is 0. The van der Waals surface area contributed by atoms with E-state index >= 15 is 0 Å². The maximum atomic E-state index is 13.0. The maximum Gasteiger partial charge on any atom is 0.257 e. The number of fused-ring (bicyclic) bond motifs is 1. The number of nitrogens with one attached hydrogen (secondary N) is 1. The average molecular weight is 350 g/mol. The maximum absolute atomic E-state index is 13.0. The average Bonchev–Trinajstić information content (AvgIpc) is 2.73. The smallest absolute Gasteiger partial charge is 0.257 e. The molecule has 0 atom stereocenters. The van der Waals surface area contributed by atoms with E-state index in [0.717, 1.165) is 22.0 Å². The molecule has 3 aromatic carbocycles. The van der Waals surface area contributed by atoms with Crippen molar-refractivity contribution in [3.8, 4) is 0 Å². The van der Waals surface area contributed by atoms with E-state index in [0.29, 0.717) is 11.4 Å². The summed E-state index contributed by atoms with van der Waals surface area (Å²) in [6.45, 7) is 0. The lowest BCUT2D eigenvalue weighted by atomic mass is 10.0. The highest BCUT2D eigenvalue weighted by Crippen LogP contribution is 2.21. The largest absolute Gasteiger partial charge is 0.307 e. The molecular formula is C24H18N2O. The molecule has 3 nitrogen and oxygen atoms in total. The van der Waals surface area contributed by atoms with Gasteiger partial charge < -0.3 is 5.32 Å². The van der Waals surface area contributed by atoms with Crippen LogP contribution in [0.4, 0.5) is 5.82 Å². The molecule has 0 radical (unpaired) electrons. The number of rotatable bonds is 4. The Bertz CT molecular complexity index is 1100. The van der Waals surface area contributed by atoms with Crippen molar-refractivity contribution in [2.75, 3.05) is 5.32 Å². The number of hydrogen-bond acceptors (Lipinski definition) is 2. The quantitative estimate of drug-likeness (QED) is 0.395. The van der Waals surface area contributed by atoms with E-state index < -0.39 is 0 Å². The van der Waals surface area contributed by atoms with E-state index in [4.69, 9.17) is 0 Å². The number of aromatic nitrogens is 1. The summed E-state index contributed by atoms with van der Waals surface area (Å²) in [4.78, 5) is 17.6. The molecule has 3 heteroatoms. The normalized spacial score (nSPS) is 11.3. The van der Waals surface area contributed by atoms with E-state index in [2.05, 4.69) is 10.3 Å².